The second kappa shape index (κ2) is 6.42. The smallest absolute Gasteiger partial charge is 0.0593 e. The van der Waals surface area contributed by atoms with E-state index >= 15 is 0 Å². The molecule has 1 aromatic heterocycles. The number of hydrogen-bond acceptors (Lipinski definition) is 2. The molecule has 108 valence electrons. The van der Waals surface area contributed by atoms with Crippen LogP contribution in [0.2, 0.25) is 0 Å². The van der Waals surface area contributed by atoms with Gasteiger partial charge in [-0.3, -0.25) is 0 Å². The summed E-state index contributed by atoms with van der Waals surface area (Å²) in [4.78, 5) is 0. The van der Waals surface area contributed by atoms with Crippen molar-refractivity contribution < 1.29 is 0 Å². The van der Waals surface area contributed by atoms with Crippen LogP contribution in [0.25, 0.3) is 10.1 Å². The van der Waals surface area contributed by atoms with E-state index in [9.17, 15) is 0 Å². The highest BCUT2D eigenvalue weighted by atomic mass is 32.1. The molecule has 0 radical (unpaired) electrons. The summed E-state index contributed by atoms with van der Waals surface area (Å²) in [6.45, 7) is 5.44. The second-order valence-electron chi connectivity index (χ2n) is 5.43. The third-order valence-corrected chi connectivity index (χ3v) is 4.90. The van der Waals surface area contributed by atoms with Crippen molar-refractivity contribution in [3.8, 4) is 0 Å². The minimum absolute atomic E-state index is 0.272. The summed E-state index contributed by atoms with van der Waals surface area (Å²) in [5, 5.41) is 7.26. The average Bonchev–Trinajstić information content (AvgIpc) is 2.98. The minimum atomic E-state index is 0.272. The lowest BCUT2D eigenvalue weighted by Crippen LogP contribution is -2.24. The number of rotatable bonds is 5. The monoisotopic (exact) mass is 295 g/mol. The molecule has 0 amide bonds. The van der Waals surface area contributed by atoms with E-state index in [2.05, 4.69) is 73.1 Å². The van der Waals surface area contributed by atoms with Gasteiger partial charge in [-0.2, -0.15) is 0 Å². The summed E-state index contributed by atoms with van der Waals surface area (Å²) < 4.78 is 1.40. The molecule has 2 aromatic carbocycles. The van der Waals surface area contributed by atoms with Crippen molar-refractivity contribution in [2.45, 2.75) is 26.3 Å². The summed E-state index contributed by atoms with van der Waals surface area (Å²) in [6.07, 6.45) is 1.14. The molecule has 1 atom stereocenters. The summed E-state index contributed by atoms with van der Waals surface area (Å²) in [5.74, 6) is 0. The van der Waals surface area contributed by atoms with E-state index < -0.39 is 0 Å². The highest BCUT2D eigenvalue weighted by molar-refractivity contribution is 7.17. The molecule has 0 fully saturated rings. The number of aryl methyl sites for hydroxylation is 1. The van der Waals surface area contributed by atoms with Crippen LogP contribution in [0.15, 0.2) is 53.9 Å². The zero-order valence-electron chi connectivity index (χ0n) is 12.6. The van der Waals surface area contributed by atoms with Gasteiger partial charge in [-0.1, -0.05) is 49.4 Å². The molecule has 0 saturated heterocycles. The lowest BCUT2D eigenvalue weighted by molar-refractivity contribution is 0.600. The fourth-order valence-electron chi connectivity index (χ4n) is 2.83. The Balaban J connectivity index is 2.11. The Kier molecular flexibility index (Phi) is 4.37. The lowest BCUT2D eigenvalue weighted by atomic mass is 9.94. The predicted octanol–water partition coefficient (Wildman–Crippen LogP) is 5.30. The molecule has 2 heteroatoms. The van der Waals surface area contributed by atoms with E-state index in [0.717, 1.165) is 13.0 Å². The minimum Gasteiger partial charge on any atom is -0.306 e. The molecule has 1 heterocycles. The summed E-state index contributed by atoms with van der Waals surface area (Å²) in [7, 11) is 0. The Morgan fingerprint density at radius 2 is 1.81 bits per heavy atom. The van der Waals surface area contributed by atoms with Crippen LogP contribution < -0.4 is 5.32 Å². The topological polar surface area (TPSA) is 12.0 Å². The van der Waals surface area contributed by atoms with Gasteiger partial charge in [-0.15, -0.1) is 11.3 Å². The maximum absolute atomic E-state index is 3.73. The van der Waals surface area contributed by atoms with Gasteiger partial charge in [-0.25, -0.2) is 0 Å². The number of nitrogens with one attached hydrogen (secondary N) is 1. The van der Waals surface area contributed by atoms with Crippen molar-refractivity contribution in [3.63, 3.8) is 0 Å². The number of hydrogen-bond donors (Lipinski definition) is 1. The first kappa shape index (κ1) is 14.3. The summed E-state index contributed by atoms with van der Waals surface area (Å²) in [5.41, 5.74) is 4.12. The van der Waals surface area contributed by atoms with Gasteiger partial charge in [0.15, 0.2) is 0 Å². The third kappa shape index (κ3) is 2.87. The second-order valence-corrected chi connectivity index (χ2v) is 6.35. The van der Waals surface area contributed by atoms with Crippen LogP contribution in [0, 0.1) is 6.92 Å². The molecular formula is C19H21NS. The Labute approximate surface area is 130 Å². The van der Waals surface area contributed by atoms with Crippen molar-refractivity contribution >= 4 is 21.4 Å². The molecule has 21 heavy (non-hydrogen) atoms. The number of benzene rings is 2. The van der Waals surface area contributed by atoms with E-state index in [-0.39, 0.29) is 6.04 Å². The number of fused-ring (bicyclic) bond motifs is 1. The molecule has 1 nitrogen and oxygen atoms in total. The van der Waals surface area contributed by atoms with E-state index in [1.54, 1.807) is 0 Å². The quantitative estimate of drug-likeness (QED) is 0.673. The predicted molar refractivity (Wildman–Crippen MR) is 93.1 cm³/mol. The maximum atomic E-state index is 3.73. The Hall–Kier alpha value is -1.64. The molecule has 0 spiro atoms. The van der Waals surface area contributed by atoms with E-state index in [0.29, 0.717) is 0 Å². The fourth-order valence-corrected chi connectivity index (χ4v) is 3.78. The van der Waals surface area contributed by atoms with Crippen LogP contribution in [0.5, 0.6) is 0 Å². The highest BCUT2D eigenvalue weighted by Crippen LogP contribution is 2.33. The molecule has 0 aliphatic carbocycles. The standard InChI is InChI=1S/C19H21NS/c1-3-12-20-18(16-9-5-4-7-14(16)2)17-10-6-8-15-11-13-21-19(15)17/h4-11,13,18,20H,3,12H2,1-2H3. The van der Waals surface area contributed by atoms with Gasteiger partial charge in [0.05, 0.1) is 6.04 Å². The van der Waals surface area contributed by atoms with Crippen molar-refractivity contribution in [2.75, 3.05) is 6.54 Å². The number of thiophene rings is 1. The van der Waals surface area contributed by atoms with E-state index in [1.165, 1.54) is 26.8 Å². The summed E-state index contributed by atoms with van der Waals surface area (Å²) >= 11 is 1.84. The molecule has 1 N–H and O–H groups in total. The van der Waals surface area contributed by atoms with Crippen molar-refractivity contribution in [3.05, 3.63) is 70.6 Å². The van der Waals surface area contributed by atoms with Crippen molar-refractivity contribution in [1.82, 2.24) is 5.32 Å². The van der Waals surface area contributed by atoms with Crippen LogP contribution in [0.3, 0.4) is 0 Å². The first-order valence-electron chi connectivity index (χ1n) is 7.56. The van der Waals surface area contributed by atoms with Gasteiger partial charge in [0.1, 0.15) is 0 Å². The van der Waals surface area contributed by atoms with Gasteiger partial charge in [-0.05, 0) is 53.4 Å². The lowest BCUT2D eigenvalue weighted by Gasteiger charge is -2.22. The molecule has 3 aromatic rings. The van der Waals surface area contributed by atoms with Gasteiger partial charge < -0.3 is 5.32 Å². The van der Waals surface area contributed by atoms with Crippen LogP contribution >= 0.6 is 11.3 Å². The molecule has 0 bridgehead atoms. The summed E-state index contributed by atoms with van der Waals surface area (Å²) in [6, 6.07) is 17.8. The average molecular weight is 295 g/mol. The van der Waals surface area contributed by atoms with E-state index in [4.69, 9.17) is 0 Å². The van der Waals surface area contributed by atoms with Gasteiger partial charge in [0, 0.05) is 4.70 Å². The first-order chi connectivity index (χ1) is 10.3. The van der Waals surface area contributed by atoms with Crippen LogP contribution in [0.4, 0.5) is 0 Å². The Bertz CT molecular complexity index is 729. The Morgan fingerprint density at radius 1 is 1.00 bits per heavy atom. The van der Waals surface area contributed by atoms with Crippen LogP contribution in [-0.4, -0.2) is 6.54 Å². The molecule has 1 unspecified atom stereocenters. The normalized spacial score (nSPS) is 12.7. The highest BCUT2D eigenvalue weighted by Gasteiger charge is 2.17. The zero-order valence-corrected chi connectivity index (χ0v) is 13.4. The molecule has 0 aliphatic rings. The third-order valence-electron chi connectivity index (χ3n) is 3.92. The molecule has 0 saturated carbocycles. The van der Waals surface area contributed by atoms with E-state index in [1.807, 2.05) is 11.3 Å². The Morgan fingerprint density at radius 3 is 2.62 bits per heavy atom. The SMILES string of the molecule is CCCNC(c1ccccc1C)c1cccc2ccsc12. The van der Waals surface area contributed by atoms with Crippen molar-refractivity contribution in [1.29, 1.82) is 0 Å². The molecular weight excluding hydrogens is 274 g/mol. The van der Waals surface area contributed by atoms with Crippen LogP contribution in [0.1, 0.15) is 36.1 Å². The fraction of sp³-hybridized carbons (Fsp3) is 0.263. The molecule has 3 rings (SSSR count). The van der Waals surface area contributed by atoms with Crippen LogP contribution in [-0.2, 0) is 0 Å². The van der Waals surface area contributed by atoms with Gasteiger partial charge >= 0.3 is 0 Å². The van der Waals surface area contributed by atoms with Gasteiger partial charge in [0.2, 0.25) is 0 Å². The molecule has 0 aliphatic heterocycles. The van der Waals surface area contributed by atoms with Gasteiger partial charge in [0.25, 0.3) is 0 Å². The largest absolute Gasteiger partial charge is 0.306 e. The first-order valence-corrected chi connectivity index (χ1v) is 8.44. The maximum Gasteiger partial charge on any atom is 0.0593 e. The van der Waals surface area contributed by atoms with Crippen molar-refractivity contribution in [2.24, 2.45) is 0 Å². The zero-order chi connectivity index (χ0) is 14.7.